The first-order chi connectivity index (χ1) is 17.4. The molecule has 194 valence electrons. The number of nitrogen functional groups attached to an aromatic ring is 2. The number of ether oxygens (including phenoxy) is 3. The van der Waals surface area contributed by atoms with Gasteiger partial charge in [0.25, 0.3) is 0 Å². The van der Waals surface area contributed by atoms with Crippen molar-refractivity contribution >= 4 is 29.4 Å². The molecule has 0 spiro atoms. The first kappa shape index (κ1) is 27.3. The van der Waals surface area contributed by atoms with Gasteiger partial charge in [0.2, 0.25) is 0 Å². The molecular formula is C29H38N2O5. The molecule has 0 saturated heterocycles. The SMILES string of the molecule is CCCCCCOC1CCC(C(=O)Oc2ccc(C=CC(=O)OCc3cc(N)ccc3N)cc2)CC1. The summed E-state index contributed by atoms with van der Waals surface area (Å²) in [5, 5.41) is 0. The minimum Gasteiger partial charge on any atom is -0.458 e. The first-order valence-corrected chi connectivity index (χ1v) is 12.9. The van der Waals surface area contributed by atoms with Crippen molar-refractivity contribution in [3.05, 3.63) is 59.7 Å². The molecule has 0 radical (unpaired) electrons. The van der Waals surface area contributed by atoms with Crippen LogP contribution in [-0.4, -0.2) is 24.6 Å². The van der Waals surface area contributed by atoms with E-state index in [1.165, 1.54) is 25.3 Å². The molecular weight excluding hydrogens is 456 g/mol. The van der Waals surface area contributed by atoms with Crippen molar-refractivity contribution in [1.82, 2.24) is 0 Å². The van der Waals surface area contributed by atoms with Gasteiger partial charge in [0, 0.05) is 29.6 Å². The normalized spacial score (nSPS) is 17.7. The molecule has 0 aliphatic heterocycles. The molecule has 1 saturated carbocycles. The molecule has 0 amide bonds. The van der Waals surface area contributed by atoms with Gasteiger partial charge in [-0.3, -0.25) is 4.79 Å². The van der Waals surface area contributed by atoms with Crippen molar-refractivity contribution in [2.24, 2.45) is 5.92 Å². The van der Waals surface area contributed by atoms with Crippen molar-refractivity contribution in [3.8, 4) is 5.75 Å². The third-order valence-corrected chi connectivity index (χ3v) is 6.41. The Morgan fingerprint density at radius 2 is 1.72 bits per heavy atom. The summed E-state index contributed by atoms with van der Waals surface area (Å²) in [6, 6.07) is 12.1. The summed E-state index contributed by atoms with van der Waals surface area (Å²) in [4.78, 5) is 24.6. The van der Waals surface area contributed by atoms with Crippen LogP contribution in [-0.2, 0) is 25.7 Å². The fraction of sp³-hybridized carbons (Fsp3) is 0.448. The molecule has 2 aromatic carbocycles. The van der Waals surface area contributed by atoms with E-state index in [-0.39, 0.29) is 24.6 Å². The zero-order valence-corrected chi connectivity index (χ0v) is 21.1. The van der Waals surface area contributed by atoms with Gasteiger partial charge in [0.05, 0.1) is 12.0 Å². The van der Waals surface area contributed by atoms with Crippen LogP contribution in [0.25, 0.3) is 6.08 Å². The zero-order valence-electron chi connectivity index (χ0n) is 21.1. The van der Waals surface area contributed by atoms with Gasteiger partial charge in [-0.05, 0) is 74.1 Å². The molecule has 0 bridgehead atoms. The molecule has 0 aromatic heterocycles. The lowest BCUT2D eigenvalue weighted by Crippen LogP contribution is -2.29. The van der Waals surface area contributed by atoms with Crippen LogP contribution < -0.4 is 16.2 Å². The molecule has 0 atom stereocenters. The highest BCUT2D eigenvalue weighted by molar-refractivity contribution is 5.87. The minimum absolute atomic E-state index is 0.0436. The number of carbonyl (C=O) groups is 2. The molecule has 7 heteroatoms. The molecule has 0 heterocycles. The highest BCUT2D eigenvalue weighted by atomic mass is 16.5. The lowest BCUT2D eigenvalue weighted by Gasteiger charge is -2.27. The van der Waals surface area contributed by atoms with Gasteiger partial charge in [-0.1, -0.05) is 38.3 Å². The van der Waals surface area contributed by atoms with E-state index in [0.717, 1.165) is 44.3 Å². The summed E-state index contributed by atoms with van der Waals surface area (Å²) in [7, 11) is 0. The van der Waals surface area contributed by atoms with E-state index in [4.69, 9.17) is 25.7 Å². The Kier molecular flexibility index (Phi) is 10.8. The van der Waals surface area contributed by atoms with Gasteiger partial charge in [-0.15, -0.1) is 0 Å². The molecule has 36 heavy (non-hydrogen) atoms. The van der Waals surface area contributed by atoms with Crippen LogP contribution in [0.5, 0.6) is 5.75 Å². The number of unbranched alkanes of at least 4 members (excludes halogenated alkanes) is 3. The summed E-state index contributed by atoms with van der Waals surface area (Å²) >= 11 is 0. The largest absolute Gasteiger partial charge is 0.458 e. The summed E-state index contributed by atoms with van der Waals surface area (Å²) in [6.07, 6.45) is 11.4. The number of rotatable bonds is 12. The molecule has 4 N–H and O–H groups in total. The molecule has 0 unspecified atom stereocenters. The summed E-state index contributed by atoms with van der Waals surface area (Å²) in [5.74, 6) is -0.281. The van der Waals surface area contributed by atoms with Crippen molar-refractivity contribution in [3.63, 3.8) is 0 Å². The fourth-order valence-corrected chi connectivity index (χ4v) is 4.20. The van der Waals surface area contributed by atoms with Crippen molar-refractivity contribution in [2.45, 2.75) is 71.0 Å². The first-order valence-electron chi connectivity index (χ1n) is 12.9. The average Bonchev–Trinajstić information content (AvgIpc) is 2.89. The minimum atomic E-state index is -0.493. The van der Waals surface area contributed by atoms with Crippen LogP contribution in [0, 0.1) is 5.92 Å². The van der Waals surface area contributed by atoms with E-state index in [9.17, 15) is 9.59 Å². The lowest BCUT2D eigenvalue weighted by atomic mass is 9.87. The van der Waals surface area contributed by atoms with E-state index in [2.05, 4.69) is 6.92 Å². The lowest BCUT2D eigenvalue weighted by molar-refractivity contribution is -0.141. The number of hydrogen-bond donors (Lipinski definition) is 2. The van der Waals surface area contributed by atoms with Crippen LogP contribution in [0.3, 0.4) is 0 Å². The Morgan fingerprint density at radius 1 is 0.972 bits per heavy atom. The molecule has 7 nitrogen and oxygen atoms in total. The summed E-state index contributed by atoms with van der Waals surface area (Å²) in [6.45, 7) is 3.06. The fourth-order valence-electron chi connectivity index (χ4n) is 4.20. The highest BCUT2D eigenvalue weighted by Crippen LogP contribution is 2.28. The Morgan fingerprint density at radius 3 is 2.44 bits per heavy atom. The number of anilines is 2. The number of benzene rings is 2. The van der Waals surface area contributed by atoms with E-state index in [1.807, 2.05) is 0 Å². The predicted octanol–water partition coefficient (Wildman–Crippen LogP) is 5.67. The van der Waals surface area contributed by atoms with Gasteiger partial charge >= 0.3 is 11.9 Å². The van der Waals surface area contributed by atoms with E-state index < -0.39 is 5.97 Å². The standard InChI is InChI=1S/C29H38N2O5/c1-2-3-4-5-18-34-25-14-9-22(10-15-25)29(33)36-26-12-6-21(7-13-26)8-17-28(32)35-20-23-19-24(30)11-16-27(23)31/h6-8,11-13,16-17,19,22,25H,2-5,9-10,14-15,18,20,30-31H2,1H3. The van der Waals surface area contributed by atoms with Crippen LogP contribution in [0.1, 0.15) is 69.4 Å². The summed E-state index contributed by atoms with van der Waals surface area (Å²) in [5.41, 5.74) is 14.1. The van der Waals surface area contributed by atoms with Gasteiger partial charge in [0.1, 0.15) is 12.4 Å². The maximum Gasteiger partial charge on any atom is 0.331 e. The maximum absolute atomic E-state index is 12.6. The Hall–Kier alpha value is -3.32. The monoisotopic (exact) mass is 494 g/mol. The maximum atomic E-state index is 12.6. The van der Waals surface area contributed by atoms with E-state index >= 15 is 0 Å². The Bertz CT molecular complexity index is 1010. The molecule has 2 aromatic rings. The number of hydrogen-bond acceptors (Lipinski definition) is 7. The second kappa shape index (κ2) is 14.3. The number of nitrogens with two attached hydrogens (primary N) is 2. The smallest absolute Gasteiger partial charge is 0.331 e. The molecule has 3 rings (SSSR count). The van der Waals surface area contributed by atoms with Crippen LogP contribution in [0.4, 0.5) is 11.4 Å². The molecule has 1 aliphatic rings. The van der Waals surface area contributed by atoms with E-state index in [1.54, 1.807) is 48.5 Å². The van der Waals surface area contributed by atoms with Gasteiger partial charge in [-0.2, -0.15) is 0 Å². The zero-order chi connectivity index (χ0) is 25.8. The Labute approximate surface area is 213 Å². The van der Waals surface area contributed by atoms with Gasteiger partial charge < -0.3 is 25.7 Å². The molecule has 1 fully saturated rings. The van der Waals surface area contributed by atoms with Crippen LogP contribution in [0.2, 0.25) is 0 Å². The van der Waals surface area contributed by atoms with Crippen molar-refractivity contribution in [2.75, 3.05) is 18.1 Å². The third-order valence-electron chi connectivity index (χ3n) is 6.41. The van der Waals surface area contributed by atoms with E-state index in [0.29, 0.717) is 22.7 Å². The predicted molar refractivity (Wildman–Crippen MR) is 142 cm³/mol. The number of carbonyl (C=O) groups excluding carboxylic acids is 2. The summed E-state index contributed by atoms with van der Waals surface area (Å²) < 4.78 is 16.8. The second-order valence-corrected chi connectivity index (χ2v) is 9.29. The third kappa shape index (κ3) is 9.04. The number of esters is 2. The van der Waals surface area contributed by atoms with Gasteiger partial charge in [-0.25, -0.2) is 4.79 Å². The highest BCUT2D eigenvalue weighted by Gasteiger charge is 2.28. The molecule has 1 aliphatic carbocycles. The topological polar surface area (TPSA) is 114 Å². The van der Waals surface area contributed by atoms with Gasteiger partial charge in [0.15, 0.2) is 0 Å². The van der Waals surface area contributed by atoms with Crippen molar-refractivity contribution < 1.29 is 23.8 Å². The second-order valence-electron chi connectivity index (χ2n) is 9.29. The average molecular weight is 495 g/mol. The van der Waals surface area contributed by atoms with Crippen LogP contribution >= 0.6 is 0 Å². The van der Waals surface area contributed by atoms with Crippen molar-refractivity contribution in [1.29, 1.82) is 0 Å². The van der Waals surface area contributed by atoms with Crippen LogP contribution in [0.15, 0.2) is 48.5 Å². The quantitative estimate of drug-likeness (QED) is 0.128. The Balaban J connectivity index is 1.38.